The van der Waals surface area contributed by atoms with Gasteiger partial charge in [-0.15, -0.1) is 16.4 Å². The monoisotopic (exact) mass is 441 g/mol. The normalized spacial score (nSPS) is 16.2. The molecule has 1 aliphatic heterocycles. The van der Waals surface area contributed by atoms with Gasteiger partial charge in [0.1, 0.15) is 6.33 Å². The lowest BCUT2D eigenvalue weighted by Gasteiger charge is -2.28. The maximum absolute atomic E-state index is 12.7. The van der Waals surface area contributed by atoms with E-state index in [0.29, 0.717) is 22.2 Å². The van der Waals surface area contributed by atoms with E-state index >= 15 is 0 Å². The van der Waals surface area contributed by atoms with Crippen LogP contribution in [0, 0.1) is 0 Å². The van der Waals surface area contributed by atoms with Crippen molar-refractivity contribution >= 4 is 35.1 Å². The number of amides is 2. The Balaban J connectivity index is 1.59. The molecule has 0 fully saturated rings. The van der Waals surface area contributed by atoms with Crippen LogP contribution in [0.2, 0.25) is 0 Å². The molecule has 1 atom stereocenters. The highest BCUT2D eigenvalue weighted by Gasteiger charge is 2.34. The van der Waals surface area contributed by atoms with Crippen LogP contribution in [0.5, 0.6) is 0 Å². The Bertz CT molecular complexity index is 1060. The number of benzene rings is 1. The fraction of sp³-hybridized carbons (Fsp3) is 0.200. The van der Waals surface area contributed by atoms with Crippen molar-refractivity contribution in [3.63, 3.8) is 0 Å². The third-order valence-electron chi connectivity index (χ3n) is 4.31. The van der Waals surface area contributed by atoms with Crippen molar-refractivity contribution in [1.29, 1.82) is 0 Å². The molecule has 154 valence electrons. The number of para-hydroxylation sites is 1. The standard InChI is InChI=1S/C20H19N5O3S2/c1-2-28-18(26)16-14(22-19(27)23-17(16)15-9-6-10-29-15)11-30-20-21-12-25(24-20)13-7-4-3-5-8-13/h3-10,12,17H,2,11H2,1H3,(H2,22,23,27). The second-order valence-electron chi connectivity index (χ2n) is 6.26. The van der Waals surface area contributed by atoms with Crippen molar-refractivity contribution in [1.82, 2.24) is 25.4 Å². The summed E-state index contributed by atoms with van der Waals surface area (Å²) in [5, 5.41) is 12.5. The first-order valence-corrected chi connectivity index (χ1v) is 11.1. The summed E-state index contributed by atoms with van der Waals surface area (Å²) in [6.07, 6.45) is 1.63. The van der Waals surface area contributed by atoms with Crippen LogP contribution in [0.1, 0.15) is 17.8 Å². The van der Waals surface area contributed by atoms with E-state index in [2.05, 4.69) is 20.7 Å². The maximum atomic E-state index is 12.7. The Morgan fingerprint density at radius 3 is 2.83 bits per heavy atom. The Labute approximate surface area is 181 Å². The van der Waals surface area contributed by atoms with Gasteiger partial charge >= 0.3 is 12.0 Å². The minimum Gasteiger partial charge on any atom is -0.463 e. The lowest BCUT2D eigenvalue weighted by Crippen LogP contribution is -2.46. The number of nitrogens with one attached hydrogen (secondary N) is 2. The zero-order chi connectivity index (χ0) is 20.9. The second kappa shape index (κ2) is 9.14. The van der Waals surface area contributed by atoms with Crippen LogP contribution >= 0.6 is 23.1 Å². The SMILES string of the molecule is CCOC(=O)C1=C(CSc2ncn(-c3ccccc3)n2)NC(=O)NC1c1cccs1. The van der Waals surface area contributed by atoms with E-state index < -0.39 is 12.0 Å². The smallest absolute Gasteiger partial charge is 0.338 e. The van der Waals surface area contributed by atoms with Gasteiger partial charge in [0, 0.05) is 16.3 Å². The quantitative estimate of drug-likeness (QED) is 0.431. The lowest BCUT2D eigenvalue weighted by molar-refractivity contribution is -0.139. The van der Waals surface area contributed by atoms with Gasteiger partial charge in [0.25, 0.3) is 0 Å². The molecule has 2 amide bonds. The summed E-state index contributed by atoms with van der Waals surface area (Å²) in [5.74, 6) is -0.135. The molecule has 0 saturated heterocycles. The molecule has 1 aromatic carbocycles. The molecule has 2 N–H and O–H groups in total. The van der Waals surface area contributed by atoms with Crippen LogP contribution in [0.15, 0.2) is 70.6 Å². The van der Waals surface area contributed by atoms with Crippen LogP contribution in [-0.2, 0) is 9.53 Å². The van der Waals surface area contributed by atoms with Crippen LogP contribution in [0.3, 0.4) is 0 Å². The molecule has 0 aliphatic carbocycles. The number of esters is 1. The number of thiophene rings is 1. The van der Waals surface area contributed by atoms with Crippen molar-refractivity contribution in [3.8, 4) is 5.69 Å². The summed E-state index contributed by atoms with van der Waals surface area (Å²) in [6.45, 7) is 2.00. The van der Waals surface area contributed by atoms with Gasteiger partial charge in [-0.3, -0.25) is 0 Å². The van der Waals surface area contributed by atoms with E-state index in [0.717, 1.165) is 10.6 Å². The van der Waals surface area contributed by atoms with Gasteiger partial charge in [-0.25, -0.2) is 19.3 Å². The number of hydrogen-bond acceptors (Lipinski definition) is 7. The van der Waals surface area contributed by atoms with Crippen molar-refractivity contribution in [3.05, 3.63) is 70.3 Å². The third kappa shape index (κ3) is 4.39. The molecule has 3 aromatic rings. The van der Waals surface area contributed by atoms with Gasteiger partial charge in [-0.2, -0.15) is 0 Å². The highest BCUT2D eigenvalue weighted by molar-refractivity contribution is 7.99. The Morgan fingerprint density at radius 1 is 1.27 bits per heavy atom. The van der Waals surface area contributed by atoms with Gasteiger partial charge < -0.3 is 15.4 Å². The summed E-state index contributed by atoms with van der Waals surface area (Å²) >= 11 is 2.80. The van der Waals surface area contributed by atoms with Gasteiger partial charge in [-0.05, 0) is 30.5 Å². The fourth-order valence-corrected chi connectivity index (χ4v) is 4.56. The number of urea groups is 1. The van der Waals surface area contributed by atoms with Gasteiger partial charge in [0.15, 0.2) is 0 Å². The van der Waals surface area contributed by atoms with Crippen LogP contribution in [0.4, 0.5) is 4.79 Å². The van der Waals surface area contributed by atoms with Crippen molar-refractivity contribution in [2.24, 2.45) is 0 Å². The Hall–Kier alpha value is -3.11. The van der Waals surface area contributed by atoms with Crippen LogP contribution in [-0.4, -0.2) is 39.1 Å². The first-order chi connectivity index (χ1) is 14.7. The number of aromatic nitrogens is 3. The molecule has 1 unspecified atom stereocenters. The minimum atomic E-state index is -0.553. The Kier molecular flexibility index (Phi) is 6.15. The van der Waals surface area contributed by atoms with Gasteiger partial charge in [0.2, 0.25) is 5.16 Å². The molecular weight excluding hydrogens is 422 g/mol. The number of ether oxygens (including phenoxy) is 1. The average molecular weight is 442 g/mol. The van der Waals surface area contributed by atoms with E-state index in [1.165, 1.54) is 23.1 Å². The van der Waals surface area contributed by atoms with Crippen LogP contribution in [0.25, 0.3) is 5.69 Å². The van der Waals surface area contributed by atoms with Gasteiger partial charge in [-0.1, -0.05) is 36.0 Å². The topological polar surface area (TPSA) is 98.1 Å². The Morgan fingerprint density at radius 2 is 2.10 bits per heavy atom. The van der Waals surface area contributed by atoms with Gasteiger partial charge in [0.05, 0.1) is 23.9 Å². The summed E-state index contributed by atoms with van der Waals surface area (Å²) in [5.41, 5.74) is 1.79. The van der Waals surface area contributed by atoms with Crippen LogP contribution < -0.4 is 10.6 Å². The highest BCUT2D eigenvalue weighted by Crippen LogP contribution is 2.32. The summed E-state index contributed by atoms with van der Waals surface area (Å²) in [4.78, 5) is 30.2. The van der Waals surface area contributed by atoms with Crippen molar-refractivity contribution in [2.45, 2.75) is 18.1 Å². The molecule has 0 spiro atoms. The molecular formula is C20H19N5O3S2. The zero-order valence-electron chi connectivity index (χ0n) is 16.1. The number of thioether (sulfide) groups is 1. The minimum absolute atomic E-state index is 0.247. The molecule has 8 nitrogen and oxygen atoms in total. The molecule has 0 radical (unpaired) electrons. The van der Waals surface area contributed by atoms with E-state index in [1.807, 2.05) is 47.8 Å². The average Bonchev–Trinajstić information content (AvgIpc) is 3.45. The number of carbonyl (C=O) groups is 2. The first kappa shape index (κ1) is 20.2. The first-order valence-electron chi connectivity index (χ1n) is 9.26. The number of nitrogens with zero attached hydrogens (tertiary/aromatic N) is 3. The molecule has 1 aliphatic rings. The van der Waals surface area contributed by atoms with E-state index in [-0.39, 0.29) is 12.6 Å². The molecule has 30 heavy (non-hydrogen) atoms. The highest BCUT2D eigenvalue weighted by atomic mass is 32.2. The molecule has 3 heterocycles. The summed E-state index contributed by atoms with van der Waals surface area (Å²) in [7, 11) is 0. The molecule has 10 heteroatoms. The number of carbonyl (C=O) groups excluding carboxylic acids is 2. The molecule has 0 saturated carbocycles. The molecule has 0 bridgehead atoms. The van der Waals surface area contributed by atoms with Crippen molar-refractivity contribution in [2.75, 3.05) is 12.4 Å². The fourth-order valence-electron chi connectivity index (χ4n) is 3.01. The van der Waals surface area contributed by atoms with E-state index in [9.17, 15) is 9.59 Å². The predicted octanol–water partition coefficient (Wildman–Crippen LogP) is 3.29. The number of rotatable bonds is 7. The predicted molar refractivity (Wildman–Crippen MR) is 114 cm³/mol. The summed E-state index contributed by atoms with van der Waals surface area (Å²) in [6, 6.07) is 12.5. The zero-order valence-corrected chi connectivity index (χ0v) is 17.7. The largest absolute Gasteiger partial charge is 0.463 e. The second-order valence-corrected chi connectivity index (χ2v) is 8.18. The van der Waals surface area contributed by atoms with E-state index in [4.69, 9.17) is 4.74 Å². The third-order valence-corrected chi connectivity index (χ3v) is 6.13. The lowest BCUT2D eigenvalue weighted by atomic mass is 10.0. The molecule has 2 aromatic heterocycles. The summed E-state index contributed by atoms with van der Waals surface area (Å²) < 4.78 is 6.94. The maximum Gasteiger partial charge on any atom is 0.338 e. The van der Waals surface area contributed by atoms with E-state index in [1.54, 1.807) is 17.9 Å². The van der Waals surface area contributed by atoms with Crippen molar-refractivity contribution < 1.29 is 14.3 Å². The number of hydrogen-bond donors (Lipinski definition) is 2. The molecule has 4 rings (SSSR count).